The lowest BCUT2D eigenvalue weighted by molar-refractivity contribution is 0.318. The van der Waals surface area contributed by atoms with E-state index in [-0.39, 0.29) is 5.41 Å². The van der Waals surface area contributed by atoms with Crippen molar-refractivity contribution in [2.24, 2.45) is 0 Å². The number of rotatable bonds is 4. The van der Waals surface area contributed by atoms with E-state index in [1.165, 1.54) is 11.3 Å². The first-order valence-electron chi connectivity index (χ1n) is 7.41. The molecule has 0 radical (unpaired) electrons. The van der Waals surface area contributed by atoms with Crippen LogP contribution in [0.3, 0.4) is 0 Å². The number of methoxy groups -OCH3 is 1. The van der Waals surface area contributed by atoms with Gasteiger partial charge in [0, 0.05) is 36.1 Å². The van der Waals surface area contributed by atoms with E-state index in [1.54, 1.807) is 13.3 Å². The number of imidazole rings is 1. The highest BCUT2D eigenvalue weighted by molar-refractivity contribution is 5.23. The minimum atomic E-state index is 0.207. The van der Waals surface area contributed by atoms with Crippen molar-refractivity contribution in [3.05, 3.63) is 42.1 Å². The Morgan fingerprint density at radius 1 is 1.38 bits per heavy atom. The summed E-state index contributed by atoms with van der Waals surface area (Å²) in [5, 5.41) is 3.43. The van der Waals surface area contributed by atoms with Gasteiger partial charge < -0.3 is 14.6 Å². The van der Waals surface area contributed by atoms with E-state index >= 15 is 0 Å². The van der Waals surface area contributed by atoms with Crippen LogP contribution in [0.5, 0.6) is 5.88 Å². The summed E-state index contributed by atoms with van der Waals surface area (Å²) in [7, 11) is 1.64. The highest BCUT2D eigenvalue weighted by Crippen LogP contribution is 2.32. The molecule has 0 spiro atoms. The Kier molecular flexibility index (Phi) is 3.92. The third kappa shape index (κ3) is 2.93. The summed E-state index contributed by atoms with van der Waals surface area (Å²) in [6, 6.07) is 4.01. The maximum Gasteiger partial charge on any atom is 0.213 e. The van der Waals surface area contributed by atoms with E-state index in [1.807, 2.05) is 24.7 Å². The molecule has 1 aliphatic rings. The summed E-state index contributed by atoms with van der Waals surface area (Å²) >= 11 is 0. The second kappa shape index (κ2) is 5.85. The van der Waals surface area contributed by atoms with Crippen LogP contribution in [0, 0.1) is 0 Å². The largest absolute Gasteiger partial charge is 0.481 e. The van der Waals surface area contributed by atoms with Crippen LogP contribution in [0.25, 0.3) is 0 Å². The third-order valence-electron chi connectivity index (χ3n) is 4.40. The van der Waals surface area contributed by atoms with E-state index in [0.717, 1.165) is 32.5 Å². The van der Waals surface area contributed by atoms with Gasteiger partial charge in [-0.1, -0.05) is 6.92 Å². The Morgan fingerprint density at radius 3 is 2.95 bits per heavy atom. The van der Waals surface area contributed by atoms with Crippen molar-refractivity contribution in [3.63, 3.8) is 0 Å². The Labute approximate surface area is 125 Å². The molecule has 1 fully saturated rings. The third-order valence-corrected chi connectivity index (χ3v) is 4.40. The highest BCUT2D eigenvalue weighted by atomic mass is 16.5. The van der Waals surface area contributed by atoms with Crippen molar-refractivity contribution in [1.82, 2.24) is 19.9 Å². The van der Waals surface area contributed by atoms with Crippen molar-refractivity contribution < 1.29 is 4.74 Å². The predicted octanol–water partition coefficient (Wildman–Crippen LogP) is 1.98. The van der Waals surface area contributed by atoms with Crippen LogP contribution in [-0.2, 0) is 12.0 Å². The zero-order chi connectivity index (χ0) is 14.7. The topological polar surface area (TPSA) is 52.0 Å². The molecule has 0 amide bonds. The molecule has 0 saturated carbocycles. The van der Waals surface area contributed by atoms with Crippen LogP contribution >= 0.6 is 0 Å². The average molecular weight is 286 g/mol. The maximum absolute atomic E-state index is 5.20. The summed E-state index contributed by atoms with van der Waals surface area (Å²) in [4.78, 5) is 8.53. The normalized spacial score (nSPS) is 17.6. The van der Waals surface area contributed by atoms with Gasteiger partial charge in [-0.3, -0.25) is 0 Å². The molecular weight excluding hydrogens is 264 g/mol. The number of nitrogens with one attached hydrogen (secondary N) is 1. The van der Waals surface area contributed by atoms with Gasteiger partial charge in [0.15, 0.2) is 0 Å². The average Bonchev–Trinajstić information content (AvgIpc) is 2.97. The van der Waals surface area contributed by atoms with Gasteiger partial charge in [-0.05, 0) is 37.6 Å². The Bertz CT molecular complexity index is 602. The zero-order valence-electron chi connectivity index (χ0n) is 12.7. The van der Waals surface area contributed by atoms with E-state index in [9.17, 15) is 0 Å². The van der Waals surface area contributed by atoms with E-state index in [2.05, 4.69) is 26.8 Å². The van der Waals surface area contributed by atoms with E-state index in [4.69, 9.17) is 4.74 Å². The predicted molar refractivity (Wildman–Crippen MR) is 81.6 cm³/mol. The Balaban J connectivity index is 1.85. The van der Waals surface area contributed by atoms with Gasteiger partial charge in [-0.2, -0.15) is 0 Å². The molecule has 2 aromatic heterocycles. The summed E-state index contributed by atoms with van der Waals surface area (Å²) in [6.07, 6.45) is 8.03. The fraction of sp³-hybridized carbons (Fsp3) is 0.500. The first-order valence-corrected chi connectivity index (χ1v) is 7.41. The number of hydrogen-bond donors (Lipinski definition) is 1. The molecule has 0 bridgehead atoms. The lowest BCUT2D eigenvalue weighted by Gasteiger charge is -2.34. The molecule has 5 heteroatoms. The van der Waals surface area contributed by atoms with Crippen molar-refractivity contribution in [1.29, 1.82) is 0 Å². The molecular formula is C16H22N4O. The van der Waals surface area contributed by atoms with Gasteiger partial charge in [-0.25, -0.2) is 9.97 Å². The van der Waals surface area contributed by atoms with Gasteiger partial charge in [0.1, 0.15) is 0 Å². The Hall–Kier alpha value is -1.88. The SMILES string of the molecule is COc1cc(Cn2cncc2C2(C)CCNCC2)ccn1. The number of hydrogen-bond acceptors (Lipinski definition) is 4. The molecule has 3 rings (SSSR count). The standard InChI is InChI=1S/C16H22N4O/c1-16(4-7-17-8-5-16)14-10-18-12-20(14)11-13-3-6-19-15(9-13)21-2/h3,6,9-10,12,17H,4-5,7-8,11H2,1-2H3. The summed E-state index contributed by atoms with van der Waals surface area (Å²) < 4.78 is 7.45. The number of ether oxygens (including phenoxy) is 1. The minimum Gasteiger partial charge on any atom is -0.481 e. The van der Waals surface area contributed by atoms with Crippen LogP contribution in [0.4, 0.5) is 0 Å². The summed E-state index contributed by atoms with van der Waals surface area (Å²) in [5.74, 6) is 0.655. The van der Waals surface area contributed by atoms with Crippen LogP contribution in [0.15, 0.2) is 30.9 Å². The van der Waals surface area contributed by atoms with E-state index in [0.29, 0.717) is 5.88 Å². The molecule has 0 atom stereocenters. The molecule has 0 unspecified atom stereocenters. The van der Waals surface area contributed by atoms with Crippen molar-refractivity contribution >= 4 is 0 Å². The molecule has 2 aromatic rings. The van der Waals surface area contributed by atoms with Gasteiger partial charge in [-0.15, -0.1) is 0 Å². The molecule has 5 nitrogen and oxygen atoms in total. The Morgan fingerprint density at radius 2 is 2.19 bits per heavy atom. The van der Waals surface area contributed by atoms with Crippen LogP contribution in [0.2, 0.25) is 0 Å². The van der Waals surface area contributed by atoms with Crippen LogP contribution in [0.1, 0.15) is 31.0 Å². The van der Waals surface area contributed by atoms with Gasteiger partial charge in [0.05, 0.1) is 13.4 Å². The number of piperidine rings is 1. The smallest absolute Gasteiger partial charge is 0.213 e. The van der Waals surface area contributed by atoms with Crippen LogP contribution < -0.4 is 10.1 Å². The lowest BCUT2D eigenvalue weighted by Crippen LogP contribution is -2.39. The molecule has 1 N–H and O–H groups in total. The fourth-order valence-corrected chi connectivity index (χ4v) is 3.04. The molecule has 0 aromatic carbocycles. The van der Waals surface area contributed by atoms with Crippen LogP contribution in [-0.4, -0.2) is 34.7 Å². The lowest BCUT2D eigenvalue weighted by atomic mass is 9.78. The zero-order valence-corrected chi connectivity index (χ0v) is 12.7. The second-order valence-electron chi connectivity index (χ2n) is 5.92. The molecule has 21 heavy (non-hydrogen) atoms. The number of pyridine rings is 1. The first kappa shape index (κ1) is 14.1. The van der Waals surface area contributed by atoms with Crippen molar-refractivity contribution in [3.8, 4) is 5.88 Å². The summed E-state index contributed by atoms with van der Waals surface area (Å²) in [6.45, 7) is 5.29. The van der Waals surface area contributed by atoms with Gasteiger partial charge >= 0.3 is 0 Å². The monoisotopic (exact) mass is 286 g/mol. The van der Waals surface area contributed by atoms with E-state index < -0.39 is 0 Å². The molecule has 112 valence electrons. The maximum atomic E-state index is 5.20. The number of nitrogens with zero attached hydrogens (tertiary/aromatic N) is 3. The molecule has 3 heterocycles. The first-order chi connectivity index (χ1) is 10.2. The second-order valence-corrected chi connectivity index (χ2v) is 5.92. The number of aromatic nitrogens is 3. The highest BCUT2D eigenvalue weighted by Gasteiger charge is 2.31. The summed E-state index contributed by atoms with van der Waals surface area (Å²) in [5.41, 5.74) is 2.71. The molecule has 0 aliphatic carbocycles. The van der Waals surface area contributed by atoms with Crippen molar-refractivity contribution in [2.75, 3.05) is 20.2 Å². The van der Waals surface area contributed by atoms with Gasteiger partial charge in [0.25, 0.3) is 0 Å². The molecule has 1 saturated heterocycles. The fourth-order valence-electron chi connectivity index (χ4n) is 3.04. The van der Waals surface area contributed by atoms with Crippen molar-refractivity contribution in [2.45, 2.75) is 31.7 Å². The molecule has 1 aliphatic heterocycles. The quantitative estimate of drug-likeness (QED) is 0.933. The minimum absolute atomic E-state index is 0.207. The van der Waals surface area contributed by atoms with Gasteiger partial charge in [0.2, 0.25) is 5.88 Å².